The molecule has 1 unspecified atom stereocenters. The Bertz CT molecular complexity index is 1070. The third-order valence-electron chi connectivity index (χ3n) is 13.0. The molecule has 5 fully saturated rings. The summed E-state index contributed by atoms with van der Waals surface area (Å²) in [6.07, 6.45) is 4.66. The summed E-state index contributed by atoms with van der Waals surface area (Å²) in [6, 6.07) is 10.8. The molecule has 2 N–H and O–H groups in total. The second kappa shape index (κ2) is 10.5. The predicted octanol–water partition coefficient (Wildman–Crippen LogP) is 6.36. The van der Waals surface area contributed by atoms with Crippen molar-refractivity contribution >= 4 is 5.78 Å². The molecule has 1 aromatic carbocycles. The number of rotatable bonds is 5. The SMILES string of the molecule is CC1O[C@H]([C@@H](C)[C@H]2CC[C@H]3[C@@H]4CC(=O)[C@H]5C[C@H](O)[C@H](O)C[C@]5(C)[C@H]4CC[C@]23C)[C@@H]([C@@H](c2ccccc2)C(C)C)O1. The number of ketones is 1. The van der Waals surface area contributed by atoms with Crippen molar-refractivity contribution in [2.24, 2.45) is 52.3 Å². The highest BCUT2D eigenvalue weighted by Gasteiger charge is 2.64. The number of carbonyl (C=O) groups excluding carboxylic acids is 1. The molecule has 0 bridgehead atoms. The maximum Gasteiger partial charge on any atom is 0.155 e. The zero-order valence-corrected chi connectivity index (χ0v) is 25.5. The third-order valence-corrected chi connectivity index (χ3v) is 13.0. The Labute approximate surface area is 241 Å². The lowest BCUT2D eigenvalue weighted by molar-refractivity contribution is -0.174. The number of fused-ring (bicyclic) bond motifs is 5. The van der Waals surface area contributed by atoms with E-state index in [1.165, 1.54) is 24.8 Å². The summed E-state index contributed by atoms with van der Waals surface area (Å²) in [5.41, 5.74) is 1.31. The summed E-state index contributed by atoms with van der Waals surface area (Å²) < 4.78 is 13.2. The molecule has 1 aliphatic heterocycles. The minimum atomic E-state index is -0.765. The van der Waals surface area contributed by atoms with Crippen molar-refractivity contribution in [3.05, 3.63) is 35.9 Å². The highest BCUT2D eigenvalue weighted by Crippen LogP contribution is 2.68. The van der Waals surface area contributed by atoms with E-state index in [9.17, 15) is 15.0 Å². The number of hydrogen-bond acceptors (Lipinski definition) is 5. The van der Waals surface area contributed by atoms with E-state index in [1.807, 2.05) is 6.92 Å². The first-order valence-electron chi connectivity index (χ1n) is 16.2. The highest BCUT2D eigenvalue weighted by atomic mass is 16.7. The summed E-state index contributed by atoms with van der Waals surface area (Å²) >= 11 is 0. The van der Waals surface area contributed by atoms with Crippen LogP contribution in [0.5, 0.6) is 0 Å². The van der Waals surface area contributed by atoms with Crippen molar-refractivity contribution < 1.29 is 24.5 Å². The minimum Gasteiger partial charge on any atom is -0.390 e. The van der Waals surface area contributed by atoms with E-state index in [0.717, 1.165) is 6.42 Å². The lowest BCUT2D eigenvalue weighted by atomic mass is 9.44. The highest BCUT2D eigenvalue weighted by molar-refractivity contribution is 5.83. The quantitative estimate of drug-likeness (QED) is 0.444. The van der Waals surface area contributed by atoms with E-state index in [1.54, 1.807) is 0 Å². The minimum absolute atomic E-state index is 0.0254. The van der Waals surface area contributed by atoms with Crippen LogP contribution in [-0.2, 0) is 14.3 Å². The summed E-state index contributed by atoms with van der Waals surface area (Å²) in [5.74, 6) is 3.19. The molecule has 4 saturated carbocycles. The van der Waals surface area contributed by atoms with Crippen molar-refractivity contribution in [3.8, 4) is 0 Å². The van der Waals surface area contributed by atoms with E-state index in [4.69, 9.17) is 9.47 Å². The number of aliphatic hydroxyl groups is 2. The van der Waals surface area contributed by atoms with Gasteiger partial charge in [0.25, 0.3) is 0 Å². The van der Waals surface area contributed by atoms with Gasteiger partial charge in [-0.25, -0.2) is 0 Å². The van der Waals surface area contributed by atoms with Crippen LogP contribution in [0.25, 0.3) is 0 Å². The molecule has 5 nitrogen and oxygen atoms in total. The number of aliphatic hydroxyl groups excluding tert-OH is 2. The van der Waals surface area contributed by atoms with Crippen LogP contribution in [0.1, 0.15) is 98.0 Å². The molecular formula is C35H52O5. The topological polar surface area (TPSA) is 76.0 Å². The number of carbonyl (C=O) groups is 1. The molecule has 5 heteroatoms. The molecule has 1 saturated heterocycles. The Morgan fingerprint density at radius 2 is 1.57 bits per heavy atom. The van der Waals surface area contributed by atoms with Crippen molar-refractivity contribution in [2.75, 3.05) is 0 Å². The summed E-state index contributed by atoms with van der Waals surface area (Å²) in [7, 11) is 0. The molecule has 6 rings (SSSR count). The molecule has 0 spiro atoms. The van der Waals surface area contributed by atoms with E-state index in [2.05, 4.69) is 65.0 Å². The molecule has 1 aromatic rings. The Kier molecular flexibility index (Phi) is 7.55. The van der Waals surface area contributed by atoms with E-state index >= 15 is 0 Å². The van der Waals surface area contributed by atoms with Gasteiger partial charge in [-0.15, -0.1) is 0 Å². The maximum absolute atomic E-state index is 13.6. The van der Waals surface area contributed by atoms with Crippen LogP contribution in [0.4, 0.5) is 0 Å². The van der Waals surface area contributed by atoms with Gasteiger partial charge in [0.2, 0.25) is 0 Å². The lowest BCUT2D eigenvalue weighted by Crippen LogP contribution is -2.59. The maximum atomic E-state index is 13.6. The molecule has 14 atom stereocenters. The molecule has 1 heterocycles. The first kappa shape index (κ1) is 28.8. The van der Waals surface area contributed by atoms with Gasteiger partial charge < -0.3 is 19.7 Å². The Hall–Kier alpha value is -1.27. The Morgan fingerprint density at radius 1 is 0.900 bits per heavy atom. The molecule has 5 aliphatic rings. The van der Waals surface area contributed by atoms with Crippen LogP contribution in [0.3, 0.4) is 0 Å². The zero-order valence-electron chi connectivity index (χ0n) is 25.5. The Balaban J connectivity index is 1.26. The van der Waals surface area contributed by atoms with Gasteiger partial charge >= 0.3 is 0 Å². The van der Waals surface area contributed by atoms with E-state index in [-0.39, 0.29) is 41.2 Å². The Morgan fingerprint density at radius 3 is 2.27 bits per heavy atom. The fourth-order valence-electron chi connectivity index (χ4n) is 11.2. The van der Waals surface area contributed by atoms with Crippen LogP contribution in [0, 0.1) is 52.3 Å². The average molecular weight is 553 g/mol. The summed E-state index contributed by atoms with van der Waals surface area (Å²) in [6.45, 7) is 13.8. The van der Waals surface area contributed by atoms with E-state index < -0.39 is 12.2 Å². The fraction of sp³-hybridized carbons (Fsp3) is 0.800. The van der Waals surface area contributed by atoms with Crippen LogP contribution < -0.4 is 0 Å². The number of ether oxygens (including phenoxy) is 2. The summed E-state index contributed by atoms with van der Waals surface area (Å²) in [4.78, 5) is 13.6. The second-order valence-corrected chi connectivity index (χ2v) is 15.2. The number of Topliss-reactive ketones (excluding diaryl/α,β-unsaturated/α-hetero) is 1. The monoisotopic (exact) mass is 552 g/mol. The van der Waals surface area contributed by atoms with Crippen molar-refractivity contribution in [1.29, 1.82) is 0 Å². The van der Waals surface area contributed by atoms with Crippen LogP contribution in [0.2, 0.25) is 0 Å². The van der Waals surface area contributed by atoms with Gasteiger partial charge in [-0.3, -0.25) is 4.79 Å². The molecular weight excluding hydrogens is 500 g/mol. The van der Waals surface area contributed by atoms with Crippen LogP contribution in [0.15, 0.2) is 30.3 Å². The molecule has 0 aromatic heterocycles. The van der Waals surface area contributed by atoms with E-state index in [0.29, 0.717) is 60.6 Å². The number of benzene rings is 1. The van der Waals surface area contributed by atoms with Gasteiger partial charge in [0.15, 0.2) is 6.29 Å². The van der Waals surface area contributed by atoms with Crippen molar-refractivity contribution in [3.63, 3.8) is 0 Å². The van der Waals surface area contributed by atoms with Gasteiger partial charge in [-0.2, -0.15) is 0 Å². The second-order valence-electron chi connectivity index (χ2n) is 15.2. The molecule has 222 valence electrons. The first-order chi connectivity index (χ1) is 19.0. The molecule has 0 radical (unpaired) electrons. The average Bonchev–Trinajstić information content (AvgIpc) is 3.45. The molecule has 4 aliphatic carbocycles. The van der Waals surface area contributed by atoms with Gasteiger partial charge in [0, 0.05) is 18.3 Å². The summed E-state index contributed by atoms with van der Waals surface area (Å²) in [5, 5.41) is 21.1. The normalized spacial score (nSPS) is 48.4. The standard InChI is InChI=1S/C35H52O5/c1-19(2)31(22-10-8-7-9-11-22)33-32(39-21(4)40-33)20(3)24-12-13-25-23-16-28(36)27-17-29(37)30(38)18-35(27,6)26(23)14-15-34(24,25)5/h7-11,19-21,23-27,29-33,37-38H,12-18H2,1-6H3/t20-,21?,23-,24+,25-,26-,27+,29-,30+,31+,32+,33+,34+,35+/m0/s1. The predicted molar refractivity (Wildman–Crippen MR) is 155 cm³/mol. The van der Waals surface area contributed by atoms with Gasteiger partial charge in [-0.05, 0) is 97.3 Å². The van der Waals surface area contributed by atoms with Crippen LogP contribution >= 0.6 is 0 Å². The van der Waals surface area contributed by atoms with Gasteiger partial charge in [0.05, 0.1) is 24.4 Å². The largest absolute Gasteiger partial charge is 0.390 e. The van der Waals surface area contributed by atoms with Crippen molar-refractivity contribution in [1.82, 2.24) is 0 Å². The smallest absolute Gasteiger partial charge is 0.155 e. The zero-order chi connectivity index (χ0) is 28.6. The van der Waals surface area contributed by atoms with Gasteiger partial charge in [0.1, 0.15) is 5.78 Å². The number of hydrogen-bond donors (Lipinski definition) is 2. The molecule has 0 amide bonds. The van der Waals surface area contributed by atoms with Gasteiger partial charge in [-0.1, -0.05) is 65.0 Å². The third kappa shape index (κ3) is 4.44. The van der Waals surface area contributed by atoms with Crippen molar-refractivity contribution in [2.45, 2.75) is 123 Å². The fourth-order valence-corrected chi connectivity index (χ4v) is 11.2. The first-order valence-corrected chi connectivity index (χ1v) is 16.2. The molecule has 40 heavy (non-hydrogen) atoms. The lowest BCUT2D eigenvalue weighted by Gasteiger charge is -2.61. The van der Waals surface area contributed by atoms with Crippen LogP contribution in [-0.4, -0.2) is 46.7 Å².